The minimum Gasteiger partial charge on any atom is -0.484 e. The van der Waals surface area contributed by atoms with Gasteiger partial charge < -0.3 is 4.74 Å². The molecular weight excluding hydrogens is 300 g/mol. The van der Waals surface area contributed by atoms with Crippen LogP contribution in [0.4, 0.5) is 0 Å². The molecule has 1 amide bonds. The number of rotatable bonds is 4. The number of amides is 1. The number of carbonyl (C=O) groups excluding carboxylic acids is 1. The molecule has 0 radical (unpaired) electrons. The summed E-state index contributed by atoms with van der Waals surface area (Å²) < 4.78 is 5.36. The van der Waals surface area contributed by atoms with Crippen LogP contribution in [0.15, 0.2) is 53.6 Å². The minimum atomic E-state index is -0.279. The molecule has 112 valence electrons. The van der Waals surface area contributed by atoms with E-state index in [9.17, 15) is 4.79 Å². The lowest BCUT2D eigenvalue weighted by atomic mass is 10.1. The Balaban J connectivity index is 1.49. The predicted molar refractivity (Wildman–Crippen MR) is 86.4 cm³/mol. The molecular formula is C17H15ClN2O2. The van der Waals surface area contributed by atoms with Crippen molar-refractivity contribution >= 4 is 23.2 Å². The van der Waals surface area contributed by atoms with Crippen LogP contribution in [0.2, 0.25) is 5.02 Å². The lowest BCUT2D eigenvalue weighted by molar-refractivity contribution is -0.123. The number of carbonyl (C=O) groups is 1. The monoisotopic (exact) mass is 314 g/mol. The highest BCUT2D eigenvalue weighted by Crippen LogP contribution is 2.19. The maximum Gasteiger partial charge on any atom is 0.277 e. The van der Waals surface area contributed by atoms with Crippen LogP contribution in [0, 0.1) is 0 Å². The van der Waals surface area contributed by atoms with E-state index in [1.807, 2.05) is 12.1 Å². The maximum absolute atomic E-state index is 11.7. The van der Waals surface area contributed by atoms with Gasteiger partial charge in [-0.15, -0.1) is 0 Å². The number of halogens is 1. The molecule has 0 saturated heterocycles. The fourth-order valence-corrected chi connectivity index (χ4v) is 2.46. The van der Waals surface area contributed by atoms with Crippen LogP contribution in [-0.2, 0) is 17.6 Å². The highest BCUT2D eigenvalue weighted by molar-refractivity contribution is 6.30. The van der Waals surface area contributed by atoms with E-state index in [4.69, 9.17) is 16.3 Å². The van der Waals surface area contributed by atoms with Crippen LogP contribution < -0.4 is 10.2 Å². The Labute approximate surface area is 133 Å². The fourth-order valence-electron chi connectivity index (χ4n) is 2.34. The third kappa shape index (κ3) is 3.65. The molecule has 0 spiro atoms. The second kappa shape index (κ2) is 6.62. The van der Waals surface area contributed by atoms with E-state index in [2.05, 4.69) is 22.7 Å². The second-order valence-corrected chi connectivity index (χ2v) is 5.51. The first kappa shape index (κ1) is 14.6. The summed E-state index contributed by atoms with van der Waals surface area (Å²) >= 11 is 5.78. The Morgan fingerprint density at radius 3 is 2.36 bits per heavy atom. The highest BCUT2D eigenvalue weighted by Gasteiger charge is 2.16. The minimum absolute atomic E-state index is 0.0780. The number of fused-ring (bicyclic) bond motifs is 1. The van der Waals surface area contributed by atoms with Gasteiger partial charge in [0.1, 0.15) is 5.75 Å². The van der Waals surface area contributed by atoms with Gasteiger partial charge in [-0.05, 0) is 35.4 Å². The van der Waals surface area contributed by atoms with Crippen molar-refractivity contribution in [2.75, 3.05) is 6.61 Å². The first-order valence-corrected chi connectivity index (χ1v) is 7.38. The van der Waals surface area contributed by atoms with Gasteiger partial charge in [-0.1, -0.05) is 35.9 Å². The summed E-state index contributed by atoms with van der Waals surface area (Å²) in [4.78, 5) is 11.7. The average molecular weight is 315 g/mol. The van der Waals surface area contributed by atoms with E-state index in [0.717, 1.165) is 18.6 Å². The Morgan fingerprint density at radius 2 is 1.73 bits per heavy atom. The van der Waals surface area contributed by atoms with Crippen LogP contribution in [0.1, 0.15) is 11.1 Å². The number of hydrogen-bond acceptors (Lipinski definition) is 3. The summed E-state index contributed by atoms with van der Waals surface area (Å²) in [5.41, 5.74) is 6.04. The molecule has 4 nitrogen and oxygen atoms in total. The molecule has 1 aliphatic rings. The number of hydrogen-bond donors (Lipinski definition) is 1. The quantitative estimate of drug-likeness (QED) is 0.882. The summed E-state index contributed by atoms with van der Waals surface area (Å²) in [6.45, 7) is -0.0780. The van der Waals surface area contributed by atoms with E-state index in [1.54, 1.807) is 24.3 Å². The van der Waals surface area contributed by atoms with E-state index in [0.29, 0.717) is 10.8 Å². The number of benzene rings is 2. The molecule has 2 aromatic rings. The maximum atomic E-state index is 11.7. The molecule has 0 aliphatic heterocycles. The zero-order valence-electron chi connectivity index (χ0n) is 11.9. The Bertz CT molecular complexity index is 684. The number of nitrogens with zero attached hydrogens (tertiary/aromatic N) is 1. The molecule has 2 aromatic carbocycles. The van der Waals surface area contributed by atoms with Crippen LogP contribution in [0.3, 0.4) is 0 Å². The normalized spacial score (nSPS) is 12.7. The Morgan fingerprint density at radius 1 is 1.09 bits per heavy atom. The van der Waals surface area contributed by atoms with Crippen LogP contribution in [0.25, 0.3) is 0 Å². The van der Waals surface area contributed by atoms with Crippen LogP contribution in [0.5, 0.6) is 5.75 Å². The molecule has 5 heteroatoms. The van der Waals surface area contributed by atoms with Gasteiger partial charge in [0.05, 0.1) is 0 Å². The van der Waals surface area contributed by atoms with Crippen molar-refractivity contribution in [2.24, 2.45) is 5.10 Å². The van der Waals surface area contributed by atoms with Gasteiger partial charge in [-0.2, -0.15) is 5.10 Å². The van der Waals surface area contributed by atoms with E-state index in [-0.39, 0.29) is 12.5 Å². The molecule has 22 heavy (non-hydrogen) atoms. The largest absolute Gasteiger partial charge is 0.484 e. The summed E-state index contributed by atoms with van der Waals surface area (Å²) in [6.07, 6.45) is 1.57. The zero-order chi connectivity index (χ0) is 15.4. The van der Waals surface area contributed by atoms with Crippen LogP contribution >= 0.6 is 11.6 Å². The number of ether oxygens (including phenoxy) is 1. The standard InChI is InChI=1S/C17H15ClN2O2/c18-14-5-7-16(8-6-14)22-11-17(21)20-19-15-9-12-3-1-2-4-13(12)10-15/h1-8H,9-11H2,(H,20,21). The fraction of sp³-hybridized carbons (Fsp3) is 0.176. The van der Waals surface area contributed by atoms with Crippen molar-refractivity contribution in [3.63, 3.8) is 0 Å². The Kier molecular flexibility index (Phi) is 4.39. The molecule has 3 rings (SSSR count). The van der Waals surface area contributed by atoms with E-state index < -0.39 is 0 Å². The number of hydrazone groups is 1. The molecule has 1 aliphatic carbocycles. The molecule has 0 aromatic heterocycles. The van der Waals surface area contributed by atoms with Crippen molar-refractivity contribution in [1.29, 1.82) is 0 Å². The van der Waals surface area contributed by atoms with Gasteiger partial charge >= 0.3 is 0 Å². The summed E-state index contributed by atoms with van der Waals surface area (Å²) in [5, 5.41) is 4.81. The third-order valence-corrected chi connectivity index (χ3v) is 3.68. The van der Waals surface area contributed by atoms with E-state index in [1.165, 1.54) is 11.1 Å². The lowest BCUT2D eigenvalue weighted by Gasteiger charge is -2.05. The van der Waals surface area contributed by atoms with Gasteiger partial charge in [0, 0.05) is 23.6 Å². The summed E-state index contributed by atoms with van der Waals surface area (Å²) in [7, 11) is 0. The van der Waals surface area contributed by atoms with Gasteiger partial charge in [0.2, 0.25) is 0 Å². The van der Waals surface area contributed by atoms with E-state index >= 15 is 0 Å². The van der Waals surface area contributed by atoms with Crippen molar-refractivity contribution in [2.45, 2.75) is 12.8 Å². The van der Waals surface area contributed by atoms with Gasteiger partial charge in [-0.25, -0.2) is 5.43 Å². The first-order chi connectivity index (χ1) is 10.7. The SMILES string of the molecule is O=C(COc1ccc(Cl)cc1)NN=C1Cc2ccccc2C1. The lowest BCUT2D eigenvalue weighted by Crippen LogP contribution is -2.25. The smallest absolute Gasteiger partial charge is 0.277 e. The van der Waals surface area contributed by atoms with Crippen LogP contribution in [-0.4, -0.2) is 18.2 Å². The Hall–Kier alpha value is -2.33. The average Bonchev–Trinajstić information content (AvgIpc) is 2.95. The van der Waals surface area contributed by atoms with Crippen molar-refractivity contribution < 1.29 is 9.53 Å². The molecule has 0 unspecified atom stereocenters. The zero-order valence-corrected chi connectivity index (χ0v) is 12.6. The topological polar surface area (TPSA) is 50.7 Å². The van der Waals surface area contributed by atoms with Gasteiger partial charge in [-0.3, -0.25) is 4.79 Å². The van der Waals surface area contributed by atoms with Gasteiger partial charge in [0.15, 0.2) is 6.61 Å². The van der Waals surface area contributed by atoms with Crippen molar-refractivity contribution in [3.8, 4) is 5.75 Å². The second-order valence-electron chi connectivity index (χ2n) is 5.08. The third-order valence-electron chi connectivity index (χ3n) is 3.43. The highest BCUT2D eigenvalue weighted by atomic mass is 35.5. The van der Waals surface area contributed by atoms with Crippen molar-refractivity contribution in [1.82, 2.24) is 5.43 Å². The molecule has 1 N–H and O–H groups in total. The summed E-state index contributed by atoms with van der Waals surface area (Å²) in [5.74, 6) is 0.318. The molecule has 0 bridgehead atoms. The van der Waals surface area contributed by atoms with Gasteiger partial charge in [0.25, 0.3) is 5.91 Å². The number of nitrogens with one attached hydrogen (secondary N) is 1. The van der Waals surface area contributed by atoms with Crippen molar-refractivity contribution in [3.05, 3.63) is 64.7 Å². The molecule has 0 atom stereocenters. The molecule has 0 fully saturated rings. The summed E-state index contributed by atoms with van der Waals surface area (Å²) in [6, 6.07) is 15.1. The first-order valence-electron chi connectivity index (χ1n) is 7.00. The molecule has 0 saturated carbocycles. The molecule has 0 heterocycles. The predicted octanol–water partition coefficient (Wildman–Crippen LogP) is 2.99.